The van der Waals surface area contributed by atoms with E-state index in [4.69, 9.17) is 9.84 Å². The average molecular weight is 356 g/mol. The minimum Gasteiger partial charge on any atom is -0.392 e. The van der Waals surface area contributed by atoms with E-state index in [0.29, 0.717) is 25.4 Å². The molecule has 0 radical (unpaired) electrons. The van der Waals surface area contributed by atoms with E-state index in [1.54, 1.807) is 24.3 Å². The molecular weight excluding hydrogens is 328 g/mol. The molecule has 0 unspecified atom stereocenters. The van der Waals surface area contributed by atoms with Crippen LogP contribution in [-0.4, -0.2) is 30.4 Å². The van der Waals surface area contributed by atoms with Gasteiger partial charge in [-0.25, -0.2) is 0 Å². The number of aliphatic hydroxyl groups is 1. The number of carbonyl (C=O) groups is 1. The molecule has 0 aromatic heterocycles. The Hall–Kier alpha value is -2.21. The van der Waals surface area contributed by atoms with Gasteiger partial charge in [-0.15, -0.1) is 0 Å². The Balaban J connectivity index is 1.96. The smallest absolute Gasteiger partial charge is 0.241 e. The van der Waals surface area contributed by atoms with E-state index >= 15 is 0 Å². The van der Waals surface area contributed by atoms with Crippen LogP contribution in [-0.2, 0) is 22.6 Å². The predicted molar refractivity (Wildman–Crippen MR) is 104 cm³/mol. The lowest BCUT2D eigenvalue weighted by atomic mass is 10.1. The van der Waals surface area contributed by atoms with E-state index in [2.05, 4.69) is 17.6 Å². The Kier molecular flexibility index (Phi) is 8.83. The molecule has 5 nitrogen and oxygen atoms in total. The van der Waals surface area contributed by atoms with Crippen LogP contribution in [0.1, 0.15) is 30.9 Å². The summed E-state index contributed by atoms with van der Waals surface area (Å²) in [5, 5.41) is 15.2. The molecule has 0 aliphatic heterocycles. The summed E-state index contributed by atoms with van der Waals surface area (Å²) in [4.78, 5) is 12.7. The van der Waals surface area contributed by atoms with Crippen molar-refractivity contribution in [3.8, 4) is 0 Å². The zero-order chi connectivity index (χ0) is 18.6. The molecule has 1 amide bonds. The Morgan fingerprint density at radius 2 is 1.81 bits per heavy atom. The zero-order valence-corrected chi connectivity index (χ0v) is 15.3. The van der Waals surface area contributed by atoms with Gasteiger partial charge in [0.25, 0.3) is 0 Å². The van der Waals surface area contributed by atoms with Gasteiger partial charge in [0, 0.05) is 12.3 Å². The molecule has 0 saturated carbocycles. The van der Waals surface area contributed by atoms with Gasteiger partial charge in [0.2, 0.25) is 5.91 Å². The molecule has 0 heterocycles. The third-order valence-corrected chi connectivity index (χ3v) is 4.08. The second kappa shape index (κ2) is 11.4. The standard InChI is InChI=1S/C21H28N2O3/c1-2-3-13-26-16-22-20(14-17-7-5-4-6-8-17)21(25)23-19-11-9-18(15-24)10-12-19/h4-12,20,22,24H,2-3,13-16H2,1H3,(H,23,25)/t20-/m0/s1. The molecule has 2 aromatic rings. The minimum absolute atomic E-state index is 0.0124. The maximum Gasteiger partial charge on any atom is 0.241 e. The first-order valence-corrected chi connectivity index (χ1v) is 9.08. The number of hydrogen-bond acceptors (Lipinski definition) is 4. The van der Waals surface area contributed by atoms with Gasteiger partial charge in [-0.05, 0) is 36.1 Å². The van der Waals surface area contributed by atoms with Crippen molar-refractivity contribution in [2.24, 2.45) is 0 Å². The SMILES string of the molecule is CCCCOCN[C@@H](Cc1ccccc1)C(=O)Nc1ccc(CO)cc1. The number of anilines is 1. The lowest BCUT2D eigenvalue weighted by Crippen LogP contribution is -2.43. The number of amides is 1. The molecule has 0 spiro atoms. The number of rotatable bonds is 11. The first kappa shape index (κ1) is 20.1. The minimum atomic E-state index is -0.392. The molecule has 3 N–H and O–H groups in total. The molecular formula is C21H28N2O3. The number of aliphatic hydroxyl groups excluding tert-OH is 1. The Labute approximate surface area is 155 Å². The van der Waals surface area contributed by atoms with E-state index in [1.165, 1.54) is 0 Å². The van der Waals surface area contributed by atoms with Crippen LogP contribution in [0.25, 0.3) is 0 Å². The molecule has 2 aromatic carbocycles. The van der Waals surface area contributed by atoms with E-state index in [9.17, 15) is 4.79 Å². The van der Waals surface area contributed by atoms with Gasteiger partial charge in [-0.2, -0.15) is 0 Å². The van der Waals surface area contributed by atoms with Crippen LogP contribution in [0.3, 0.4) is 0 Å². The van der Waals surface area contributed by atoms with Crippen LogP contribution >= 0.6 is 0 Å². The molecule has 5 heteroatoms. The molecule has 0 saturated heterocycles. The normalized spacial score (nSPS) is 11.9. The van der Waals surface area contributed by atoms with Crippen molar-refractivity contribution >= 4 is 11.6 Å². The summed E-state index contributed by atoms with van der Waals surface area (Å²) in [5.41, 5.74) is 2.61. The van der Waals surface area contributed by atoms with Crippen molar-refractivity contribution in [1.82, 2.24) is 5.32 Å². The number of hydrogen-bond donors (Lipinski definition) is 3. The summed E-state index contributed by atoms with van der Waals surface area (Å²) in [6.45, 7) is 3.13. The maximum atomic E-state index is 12.7. The highest BCUT2D eigenvalue weighted by atomic mass is 16.5. The Morgan fingerprint density at radius 1 is 1.08 bits per heavy atom. The van der Waals surface area contributed by atoms with Gasteiger partial charge in [-0.1, -0.05) is 55.8 Å². The number of nitrogens with one attached hydrogen (secondary N) is 2. The van der Waals surface area contributed by atoms with Gasteiger partial charge in [-0.3, -0.25) is 10.1 Å². The number of ether oxygens (including phenoxy) is 1. The fourth-order valence-electron chi connectivity index (χ4n) is 2.51. The van der Waals surface area contributed by atoms with Crippen LogP contribution in [0.2, 0.25) is 0 Å². The van der Waals surface area contributed by atoms with E-state index in [-0.39, 0.29) is 12.5 Å². The lowest BCUT2D eigenvalue weighted by molar-refractivity contribution is -0.118. The Morgan fingerprint density at radius 3 is 2.46 bits per heavy atom. The first-order chi connectivity index (χ1) is 12.7. The molecule has 26 heavy (non-hydrogen) atoms. The third-order valence-electron chi connectivity index (χ3n) is 4.08. The van der Waals surface area contributed by atoms with Crippen molar-refractivity contribution in [1.29, 1.82) is 0 Å². The quantitative estimate of drug-likeness (QED) is 0.427. The zero-order valence-electron chi connectivity index (χ0n) is 15.3. The van der Waals surface area contributed by atoms with Gasteiger partial charge in [0.1, 0.15) is 0 Å². The lowest BCUT2D eigenvalue weighted by Gasteiger charge is -2.19. The Bertz CT molecular complexity index is 644. The molecule has 2 rings (SSSR count). The van der Waals surface area contributed by atoms with E-state index in [1.807, 2.05) is 30.3 Å². The number of benzene rings is 2. The van der Waals surface area contributed by atoms with Crippen molar-refractivity contribution in [3.05, 3.63) is 65.7 Å². The topological polar surface area (TPSA) is 70.6 Å². The van der Waals surface area contributed by atoms with E-state index in [0.717, 1.165) is 24.0 Å². The largest absolute Gasteiger partial charge is 0.392 e. The van der Waals surface area contributed by atoms with Crippen LogP contribution in [0.4, 0.5) is 5.69 Å². The monoisotopic (exact) mass is 356 g/mol. The molecule has 1 atom stereocenters. The fraction of sp³-hybridized carbons (Fsp3) is 0.381. The van der Waals surface area contributed by atoms with Crippen molar-refractivity contribution in [2.75, 3.05) is 18.7 Å². The van der Waals surface area contributed by atoms with Crippen LogP contribution in [0, 0.1) is 0 Å². The highest BCUT2D eigenvalue weighted by Crippen LogP contribution is 2.11. The molecule has 0 aliphatic rings. The second-order valence-electron chi connectivity index (χ2n) is 6.20. The number of unbranched alkanes of at least 4 members (excludes halogenated alkanes) is 1. The summed E-state index contributed by atoms with van der Waals surface area (Å²) < 4.78 is 5.55. The average Bonchev–Trinajstić information content (AvgIpc) is 2.68. The van der Waals surface area contributed by atoms with E-state index < -0.39 is 6.04 Å². The van der Waals surface area contributed by atoms with Crippen molar-refractivity contribution in [3.63, 3.8) is 0 Å². The summed E-state index contributed by atoms with van der Waals surface area (Å²) in [5.74, 6) is -0.107. The van der Waals surface area contributed by atoms with Crippen LogP contribution < -0.4 is 10.6 Å². The summed E-state index contributed by atoms with van der Waals surface area (Å²) in [6, 6.07) is 16.7. The molecule has 140 valence electrons. The second-order valence-corrected chi connectivity index (χ2v) is 6.20. The molecule has 0 aliphatic carbocycles. The highest BCUT2D eigenvalue weighted by molar-refractivity contribution is 5.95. The van der Waals surface area contributed by atoms with Crippen molar-refractivity contribution < 1.29 is 14.6 Å². The fourth-order valence-corrected chi connectivity index (χ4v) is 2.51. The summed E-state index contributed by atoms with van der Waals surface area (Å²) >= 11 is 0. The third kappa shape index (κ3) is 6.96. The summed E-state index contributed by atoms with van der Waals surface area (Å²) in [7, 11) is 0. The maximum absolute atomic E-state index is 12.7. The van der Waals surface area contributed by atoms with Crippen LogP contribution in [0.5, 0.6) is 0 Å². The van der Waals surface area contributed by atoms with Crippen LogP contribution in [0.15, 0.2) is 54.6 Å². The predicted octanol–water partition coefficient (Wildman–Crippen LogP) is 3.09. The molecule has 0 fully saturated rings. The highest BCUT2D eigenvalue weighted by Gasteiger charge is 2.18. The van der Waals surface area contributed by atoms with Gasteiger partial charge >= 0.3 is 0 Å². The first-order valence-electron chi connectivity index (χ1n) is 9.08. The van der Waals surface area contributed by atoms with Crippen molar-refractivity contribution in [2.45, 2.75) is 38.8 Å². The molecule has 0 bridgehead atoms. The van der Waals surface area contributed by atoms with Gasteiger partial charge in [0.15, 0.2) is 0 Å². The summed E-state index contributed by atoms with van der Waals surface area (Å²) in [6.07, 6.45) is 2.67. The number of carbonyl (C=O) groups excluding carboxylic acids is 1. The van der Waals surface area contributed by atoms with Gasteiger partial charge in [0.05, 0.1) is 19.4 Å². The van der Waals surface area contributed by atoms with Gasteiger partial charge < -0.3 is 15.2 Å².